The van der Waals surface area contributed by atoms with E-state index in [1.165, 1.54) is 9.47 Å². The van der Waals surface area contributed by atoms with Crippen molar-refractivity contribution < 1.29 is 14.4 Å². The van der Waals surface area contributed by atoms with Crippen molar-refractivity contribution in [3.63, 3.8) is 0 Å². The number of benzene rings is 2. The molecule has 1 atom stereocenters. The normalized spacial score (nSPS) is 15.2. The van der Waals surface area contributed by atoms with Crippen LogP contribution < -0.4 is 15.9 Å². The number of nitrogens with zero attached hydrogens (tertiary/aromatic N) is 4. The molecule has 1 unspecified atom stereocenters. The maximum atomic E-state index is 13.4. The highest BCUT2D eigenvalue weighted by Gasteiger charge is 2.30. The lowest BCUT2D eigenvalue weighted by atomic mass is 10.0. The minimum Gasteiger partial charge on any atom is -0.332 e. The summed E-state index contributed by atoms with van der Waals surface area (Å²) in [5.41, 5.74) is 3.99. The third kappa shape index (κ3) is 4.49. The van der Waals surface area contributed by atoms with Crippen molar-refractivity contribution in [2.75, 3.05) is 23.8 Å². The molecule has 2 aromatic carbocycles. The quantitative estimate of drug-likeness (QED) is 0.448. The first-order valence-electron chi connectivity index (χ1n) is 11.8. The standard InChI is InChI=1S/C27H26N6O4/c1-16-11-23(34)29-20-9-4-5-10-21(20)33(16)24(35)15-31(2)26(36)18-8-6-7-17(12-18)19-13-22-25(28-14-19)30-27(37)32(22)3/h4-10,12-14,16H,11,15H2,1-3H3,(H,29,34)(H,28,30,37). The lowest BCUT2D eigenvalue weighted by Gasteiger charge is -2.29. The number of likely N-dealkylation sites (N-methyl/N-ethyl adjacent to an activating group) is 1. The Morgan fingerprint density at radius 1 is 1.08 bits per heavy atom. The fourth-order valence-corrected chi connectivity index (χ4v) is 4.63. The zero-order chi connectivity index (χ0) is 26.3. The third-order valence-electron chi connectivity index (χ3n) is 6.55. The van der Waals surface area contributed by atoms with E-state index in [0.29, 0.717) is 28.1 Å². The van der Waals surface area contributed by atoms with Crippen LogP contribution in [0.2, 0.25) is 0 Å². The molecule has 0 aliphatic carbocycles. The molecule has 37 heavy (non-hydrogen) atoms. The minimum atomic E-state index is -0.366. The van der Waals surface area contributed by atoms with Gasteiger partial charge in [0.2, 0.25) is 11.8 Å². The molecular weight excluding hydrogens is 472 g/mol. The van der Waals surface area contributed by atoms with Crippen LogP contribution in [0.25, 0.3) is 22.3 Å². The van der Waals surface area contributed by atoms with Crippen molar-refractivity contribution in [1.29, 1.82) is 0 Å². The molecule has 10 nitrogen and oxygen atoms in total. The van der Waals surface area contributed by atoms with E-state index >= 15 is 0 Å². The number of aryl methyl sites for hydroxylation is 1. The second-order valence-electron chi connectivity index (χ2n) is 9.21. The summed E-state index contributed by atoms with van der Waals surface area (Å²) in [6.07, 6.45) is 1.80. The average Bonchev–Trinajstić information content (AvgIpc) is 3.09. The molecular formula is C27H26N6O4. The fraction of sp³-hybridized carbons (Fsp3) is 0.222. The third-order valence-corrected chi connectivity index (χ3v) is 6.55. The first-order chi connectivity index (χ1) is 17.7. The molecule has 4 aromatic rings. The van der Waals surface area contributed by atoms with E-state index in [9.17, 15) is 19.2 Å². The number of para-hydroxylation sites is 2. The van der Waals surface area contributed by atoms with Crippen LogP contribution in [-0.4, -0.2) is 56.8 Å². The van der Waals surface area contributed by atoms with Gasteiger partial charge in [0.1, 0.15) is 6.54 Å². The van der Waals surface area contributed by atoms with Crippen molar-refractivity contribution in [1.82, 2.24) is 19.4 Å². The van der Waals surface area contributed by atoms with Gasteiger partial charge in [0, 0.05) is 43.9 Å². The fourth-order valence-electron chi connectivity index (χ4n) is 4.63. The highest BCUT2D eigenvalue weighted by atomic mass is 16.2. The molecule has 188 valence electrons. The number of carbonyl (C=O) groups is 3. The van der Waals surface area contributed by atoms with Gasteiger partial charge < -0.3 is 15.1 Å². The Labute approximate surface area is 212 Å². The number of fused-ring (bicyclic) bond motifs is 2. The Balaban J connectivity index is 1.38. The maximum absolute atomic E-state index is 13.4. The molecule has 0 saturated heterocycles. The Hall–Kier alpha value is -4.73. The maximum Gasteiger partial charge on any atom is 0.327 e. The molecule has 0 spiro atoms. The van der Waals surface area contributed by atoms with Crippen molar-refractivity contribution in [2.45, 2.75) is 19.4 Å². The van der Waals surface area contributed by atoms with Gasteiger partial charge in [-0.2, -0.15) is 0 Å². The zero-order valence-corrected chi connectivity index (χ0v) is 20.7. The van der Waals surface area contributed by atoms with Crippen LogP contribution in [0.5, 0.6) is 0 Å². The van der Waals surface area contributed by atoms with E-state index in [0.717, 1.165) is 11.1 Å². The Kier molecular flexibility index (Phi) is 6.08. The number of imidazole rings is 1. The van der Waals surface area contributed by atoms with Crippen LogP contribution in [0.3, 0.4) is 0 Å². The van der Waals surface area contributed by atoms with Crippen LogP contribution in [-0.2, 0) is 16.6 Å². The Bertz CT molecular complexity index is 1600. The minimum absolute atomic E-state index is 0.158. The molecule has 2 N–H and O–H groups in total. The van der Waals surface area contributed by atoms with Gasteiger partial charge in [-0.3, -0.25) is 23.9 Å². The molecule has 3 amide bonds. The highest BCUT2D eigenvalue weighted by Crippen LogP contribution is 2.31. The first kappa shape index (κ1) is 24.0. The predicted octanol–water partition coefficient (Wildman–Crippen LogP) is 2.76. The van der Waals surface area contributed by atoms with E-state index in [2.05, 4.69) is 15.3 Å². The number of aromatic nitrogens is 3. The van der Waals surface area contributed by atoms with E-state index < -0.39 is 0 Å². The van der Waals surface area contributed by atoms with Gasteiger partial charge in [0.15, 0.2) is 5.65 Å². The second kappa shape index (κ2) is 9.38. The number of rotatable bonds is 4. The SMILES string of the molecule is CC1CC(=O)Nc2ccccc2N1C(=O)CN(C)C(=O)c1cccc(-c2cnc3[nH]c(=O)n(C)c3c2)c1. The Morgan fingerprint density at radius 3 is 2.68 bits per heavy atom. The molecule has 2 aromatic heterocycles. The van der Waals surface area contributed by atoms with Gasteiger partial charge in [-0.25, -0.2) is 9.78 Å². The molecule has 10 heteroatoms. The highest BCUT2D eigenvalue weighted by molar-refractivity contribution is 6.06. The van der Waals surface area contributed by atoms with Crippen LogP contribution >= 0.6 is 0 Å². The summed E-state index contributed by atoms with van der Waals surface area (Å²) in [5.74, 6) is -0.765. The predicted molar refractivity (Wildman–Crippen MR) is 140 cm³/mol. The van der Waals surface area contributed by atoms with Crippen LogP contribution in [0, 0.1) is 0 Å². The van der Waals surface area contributed by atoms with E-state index in [1.54, 1.807) is 67.7 Å². The number of carbonyl (C=O) groups excluding carboxylic acids is 3. The van der Waals surface area contributed by atoms with Crippen molar-refractivity contribution in [3.8, 4) is 11.1 Å². The van der Waals surface area contributed by atoms with E-state index in [4.69, 9.17) is 0 Å². The lowest BCUT2D eigenvalue weighted by Crippen LogP contribution is -2.45. The molecule has 0 bridgehead atoms. The molecule has 0 fully saturated rings. The molecule has 5 rings (SSSR count). The number of hydrogen-bond acceptors (Lipinski definition) is 5. The number of amides is 3. The van der Waals surface area contributed by atoms with Crippen LogP contribution in [0.1, 0.15) is 23.7 Å². The number of anilines is 2. The summed E-state index contributed by atoms with van der Waals surface area (Å²) in [4.78, 5) is 60.8. The number of aromatic amines is 1. The van der Waals surface area contributed by atoms with Crippen LogP contribution in [0.15, 0.2) is 65.6 Å². The number of H-pyrrole nitrogens is 1. The summed E-state index contributed by atoms with van der Waals surface area (Å²) in [7, 11) is 3.24. The summed E-state index contributed by atoms with van der Waals surface area (Å²) in [6.45, 7) is 1.66. The second-order valence-corrected chi connectivity index (χ2v) is 9.21. The van der Waals surface area contributed by atoms with Gasteiger partial charge in [-0.05, 0) is 42.8 Å². The molecule has 1 aliphatic rings. The smallest absolute Gasteiger partial charge is 0.327 e. The van der Waals surface area contributed by atoms with Gasteiger partial charge >= 0.3 is 5.69 Å². The van der Waals surface area contributed by atoms with Gasteiger partial charge in [0.05, 0.1) is 16.9 Å². The van der Waals surface area contributed by atoms with Gasteiger partial charge in [0.25, 0.3) is 5.91 Å². The number of pyridine rings is 1. The Morgan fingerprint density at radius 2 is 1.86 bits per heavy atom. The monoisotopic (exact) mass is 498 g/mol. The summed E-state index contributed by atoms with van der Waals surface area (Å²) in [5, 5.41) is 2.84. The average molecular weight is 499 g/mol. The molecule has 0 radical (unpaired) electrons. The number of nitrogens with one attached hydrogen (secondary N) is 2. The van der Waals surface area contributed by atoms with Crippen LogP contribution in [0.4, 0.5) is 11.4 Å². The van der Waals surface area contributed by atoms with Crippen molar-refractivity contribution >= 4 is 40.3 Å². The molecule has 0 saturated carbocycles. The summed E-state index contributed by atoms with van der Waals surface area (Å²) < 4.78 is 1.48. The van der Waals surface area contributed by atoms with Crippen molar-refractivity contribution in [2.24, 2.45) is 7.05 Å². The van der Waals surface area contributed by atoms with Gasteiger partial charge in [-0.15, -0.1) is 0 Å². The first-order valence-corrected chi connectivity index (χ1v) is 11.8. The molecule has 1 aliphatic heterocycles. The number of hydrogen-bond donors (Lipinski definition) is 2. The summed E-state index contributed by atoms with van der Waals surface area (Å²) >= 11 is 0. The van der Waals surface area contributed by atoms with Gasteiger partial charge in [-0.1, -0.05) is 24.3 Å². The summed E-state index contributed by atoms with van der Waals surface area (Å²) in [6, 6.07) is 15.7. The largest absolute Gasteiger partial charge is 0.332 e. The van der Waals surface area contributed by atoms with E-state index in [1.807, 2.05) is 19.1 Å². The zero-order valence-electron chi connectivity index (χ0n) is 20.7. The molecule has 3 heterocycles. The topological polar surface area (TPSA) is 120 Å². The van der Waals surface area contributed by atoms with Crippen molar-refractivity contribution in [3.05, 3.63) is 76.8 Å². The lowest BCUT2D eigenvalue weighted by molar-refractivity contribution is -0.119. The van der Waals surface area contributed by atoms with E-state index in [-0.39, 0.29) is 42.4 Å².